The molecule has 4 aromatic carbocycles. The molecule has 1 atom stereocenters. The van der Waals surface area contributed by atoms with Gasteiger partial charge in [-0.1, -0.05) is 60.2 Å². The number of aromatic nitrogens is 2. The van der Waals surface area contributed by atoms with E-state index in [1.54, 1.807) is 10.6 Å². The van der Waals surface area contributed by atoms with Gasteiger partial charge >= 0.3 is 0 Å². The van der Waals surface area contributed by atoms with Gasteiger partial charge in [0.1, 0.15) is 11.6 Å². The van der Waals surface area contributed by atoms with Gasteiger partial charge in [-0.15, -0.1) is 0 Å². The average Bonchev–Trinajstić information content (AvgIpc) is 2.98. The molecule has 0 saturated carbocycles. The highest BCUT2D eigenvalue weighted by Gasteiger charge is 2.27. The molecule has 40 heavy (non-hydrogen) atoms. The van der Waals surface area contributed by atoms with E-state index in [0.29, 0.717) is 47.6 Å². The van der Waals surface area contributed by atoms with E-state index in [2.05, 4.69) is 12.1 Å². The van der Waals surface area contributed by atoms with E-state index in [0.717, 1.165) is 16.9 Å². The molecule has 5 rings (SSSR count). The Morgan fingerprint density at radius 1 is 0.900 bits per heavy atom. The molecule has 5 aromatic rings. The van der Waals surface area contributed by atoms with E-state index in [9.17, 15) is 9.59 Å². The average molecular weight is 532 g/mol. The number of benzene rings is 4. The smallest absolute Gasteiger partial charge is 0.266 e. The summed E-state index contributed by atoms with van der Waals surface area (Å²) in [7, 11) is 0. The predicted molar refractivity (Wildman–Crippen MR) is 159 cm³/mol. The van der Waals surface area contributed by atoms with Crippen LogP contribution in [-0.2, 0) is 6.42 Å². The number of hydrogen-bond donors (Lipinski definition) is 0. The van der Waals surface area contributed by atoms with Crippen LogP contribution >= 0.6 is 0 Å². The van der Waals surface area contributed by atoms with Crippen molar-refractivity contribution in [3.8, 4) is 11.4 Å². The van der Waals surface area contributed by atoms with Gasteiger partial charge in [0, 0.05) is 12.1 Å². The number of fused-ring (bicyclic) bond motifs is 1. The van der Waals surface area contributed by atoms with Gasteiger partial charge in [-0.2, -0.15) is 0 Å². The van der Waals surface area contributed by atoms with Crippen molar-refractivity contribution in [3.05, 3.63) is 136 Å². The minimum absolute atomic E-state index is 0.107. The SMILES string of the molecule is CCOc1ccc(-n2c(C(C)N(CCc3ccccc3)C(=O)c3ccc(C)cc3)nc3ccccc3c2=O)cc1. The number of carbonyl (C=O) groups excluding carboxylic acids is 1. The highest BCUT2D eigenvalue weighted by molar-refractivity contribution is 5.94. The first-order valence-corrected chi connectivity index (χ1v) is 13.6. The van der Waals surface area contributed by atoms with Crippen molar-refractivity contribution in [2.45, 2.75) is 33.2 Å². The van der Waals surface area contributed by atoms with Crippen LogP contribution in [0.3, 0.4) is 0 Å². The third kappa shape index (κ3) is 5.66. The Bertz CT molecular complexity index is 1660. The summed E-state index contributed by atoms with van der Waals surface area (Å²) in [6.45, 7) is 6.89. The number of amides is 1. The molecule has 0 aliphatic carbocycles. The Morgan fingerprint density at radius 3 is 2.27 bits per heavy atom. The van der Waals surface area contributed by atoms with E-state index in [1.807, 2.05) is 111 Å². The molecule has 0 radical (unpaired) electrons. The zero-order valence-corrected chi connectivity index (χ0v) is 23.1. The highest BCUT2D eigenvalue weighted by Crippen LogP contribution is 2.26. The largest absolute Gasteiger partial charge is 0.494 e. The standard InChI is InChI=1S/C34H33N3O3/c1-4-40-29-20-18-28(19-21-29)37-32(35-31-13-9-8-12-30(31)34(37)39)25(3)36(23-22-26-10-6-5-7-11-26)33(38)27-16-14-24(2)15-17-27/h5-21,25H,4,22-23H2,1-3H3. The summed E-state index contributed by atoms with van der Waals surface area (Å²) < 4.78 is 7.25. The monoisotopic (exact) mass is 531 g/mol. The van der Waals surface area contributed by atoms with Gasteiger partial charge in [0.25, 0.3) is 11.5 Å². The molecule has 1 unspecified atom stereocenters. The highest BCUT2D eigenvalue weighted by atomic mass is 16.5. The quantitative estimate of drug-likeness (QED) is 0.217. The minimum Gasteiger partial charge on any atom is -0.494 e. The molecule has 1 amide bonds. The van der Waals surface area contributed by atoms with E-state index in [4.69, 9.17) is 9.72 Å². The Morgan fingerprint density at radius 2 is 1.57 bits per heavy atom. The van der Waals surface area contributed by atoms with Crippen LogP contribution in [-0.4, -0.2) is 33.5 Å². The molecule has 6 nitrogen and oxygen atoms in total. The molecule has 0 aliphatic heterocycles. The Kier molecular flexibility index (Phi) is 8.06. The summed E-state index contributed by atoms with van der Waals surface area (Å²) in [4.78, 5) is 34.7. The van der Waals surface area contributed by atoms with Crippen LogP contribution in [0, 0.1) is 6.92 Å². The fourth-order valence-corrected chi connectivity index (χ4v) is 4.90. The first-order valence-electron chi connectivity index (χ1n) is 13.6. The van der Waals surface area contributed by atoms with Gasteiger partial charge in [-0.25, -0.2) is 4.98 Å². The van der Waals surface area contributed by atoms with Gasteiger partial charge in [0.15, 0.2) is 0 Å². The molecule has 0 fully saturated rings. The fraction of sp³-hybridized carbons (Fsp3) is 0.206. The molecule has 202 valence electrons. The maximum absolute atomic E-state index is 14.0. The number of hydrogen-bond acceptors (Lipinski definition) is 4. The van der Waals surface area contributed by atoms with E-state index < -0.39 is 6.04 Å². The van der Waals surface area contributed by atoms with Crippen LogP contribution < -0.4 is 10.3 Å². The first kappa shape index (κ1) is 26.9. The Labute approximate surface area is 234 Å². The van der Waals surface area contributed by atoms with Crippen molar-refractivity contribution in [2.75, 3.05) is 13.2 Å². The molecular weight excluding hydrogens is 498 g/mol. The van der Waals surface area contributed by atoms with Crippen LogP contribution in [0.4, 0.5) is 0 Å². The lowest BCUT2D eigenvalue weighted by molar-refractivity contribution is 0.0683. The zero-order valence-electron chi connectivity index (χ0n) is 23.1. The molecule has 0 bridgehead atoms. The molecule has 1 aromatic heterocycles. The fourth-order valence-electron chi connectivity index (χ4n) is 4.90. The number of aryl methyl sites for hydroxylation is 1. The lowest BCUT2D eigenvalue weighted by atomic mass is 10.1. The molecule has 0 N–H and O–H groups in total. The lowest BCUT2D eigenvalue weighted by Crippen LogP contribution is -2.38. The second-order valence-electron chi connectivity index (χ2n) is 9.83. The predicted octanol–water partition coefficient (Wildman–Crippen LogP) is 6.54. The normalized spacial score (nSPS) is 11.8. The summed E-state index contributed by atoms with van der Waals surface area (Å²) >= 11 is 0. The molecule has 0 aliphatic rings. The Balaban J connectivity index is 1.63. The number of para-hydroxylation sites is 1. The third-order valence-electron chi connectivity index (χ3n) is 7.09. The summed E-state index contributed by atoms with van der Waals surface area (Å²) in [5.74, 6) is 1.12. The lowest BCUT2D eigenvalue weighted by Gasteiger charge is -2.31. The van der Waals surface area contributed by atoms with Crippen molar-refractivity contribution < 1.29 is 9.53 Å². The van der Waals surface area contributed by atoms with Gasteiger partial charge in [-0.3, -0.25) is 14.2 Å². The number of nitrogens with zero attached hydrogens (tertiary/aromatic N) is 3. The maximum atomic E-state index is 14.0. The minimum atomic E-state index is -0.499. The Hall–Kier alpha value is -4.71. The summed E-state index contributed by atoms with van der Waals surface area (Å²) in [6.07, 6.45) is 0.670. The van der Waals surface area contributed by atoms with Crippen molar-refractivity contribution in [1.29, 1.82) is 0 Å². The zero-order chi connectivity index (χ0) is 28.1. The first-order chi connectivity index (χ1) is 19.5. The van der Waals surface area contributed by atoms with Crippen molar-refractivity contribution in [2.24, 2.45) is 0 Å². The maximum Gasteiger partial charge on any atom is 0.266 e. The summed E-state index contributed by atoms with van der Waals surface area (Å²) in [5, 5.41) is 0.521. The summed E-state index contributed by atoms with van der Waals surface area (Å²) in [6, 6.07) is 31.9. The van der Waals surface area contributed by atoms with Gasteiger partial charge in [0.05, 0.1) is 29.2 Å². The molecule has 6 heteroatoms. The summed E-state index contributed by atoms with van der Waals surface area (Å²) in [5.41, 5.74) is 3.90. The van der Waals surface area contributed by atoms with Crippen molar-refractivity contribution >= 4 is 16.8 Å². The molecule has 0 saturated heterocycles. The molecular formula is C34H33N3O3. The van der Waals surface area contributed by atoms with Crippen LogP contribution in [0.1, 0.15) is 47.2 Å². The van der Waals surface area contributed by atoms with Gasteiger partial charge in [0.2, 0.25) is 0 Å². The van der Waals surface area contributed by atoms with E-state index in [-0.39, 0.29) is 11.5 Å². The van der Waals surface area contributed by atoms with Gasteiger partial charge < -0.3 is 9.64 Å². The van der Waals surface area contributed by atoms with Crippen LogP contribution in [0.5, 0.6) is 5.75 Å². The number of carbonyl (C=O) groups is 1. The molecule has 1 heterocycles. The van der Waals surface area contributed by atoms with Crippen LogP contribution in [0.15, 0.2) is 108 Å². The number of ether oxygens (including phenoxy) is 1. The number of rotatable bonds is 9. The van der Waals surface area contributed by atoms with Crippen molar-refractivity contribution in [1.82, 2.24) is 14.5 Å². The molecule has 0 spiro atoms. The second-order valence-corrected chi connectivity index (χ2v) is 9.83. The third-order valence-corrected chi connectivity index (χ3v) is 7.09. The van der Waals surface area contributed by atoms with Crippen LogP contribution in [0.2, 0.25) is 0 Å². The second kappa shape index (κ2) is 12.0. The van der Waals surface area contributed by atoms with E-state index in [1.165, 1.54) is 0 Å². The van der Waals surface area contributed by atoms with Gasteiger partial charge in [-0.05, 0) is 81.3 Å². The van der Waals surface area contributed by atoms with E-state index >= 15 is 0 Å². The van der Waals surface area contributed by atoms with Crippen LogP contribution in [0.25, 0.3) is 16.6 Å². The van der Waals surface area contributed by atoms with Crippen molar-refractivity contribution in [3.63, 3.8) is 0 Å². The topological polar surface area (TPSA) is 64.4 Å².